The number of nitrogens with one attached hydrogen (secondary N) is 1. The van der Waals surface area contributed by atoms with Gasteiger partial charge in [-0.15, -0.1) is 0 Å². The molecule has 34 heavy (non-hydrogen) atoms. The fraction of sp³-hybridized carbons (Fsp3) is 0.348. The lowest BCUT2D eigenvalue weighted by Gasteiger charge is -2.17. The molecular weight excluding hydrogens is 460 g/mol. The highest BCUT2D eigenvalue weighted by molar-refractivity contribution is 7.89. The molecule has 0 unspecified atom stereocenters. The maximum absolute atomic E-state index is 12.4. The van der Waals surface area contributed by atoms with E-state index in [0.29, 0.717) is 12.4 Å². The van der Waals surface area contributed by atoms with Crippen molar-refractivity contribution < 1.29 is 27.5 Å². The van der Waals surface area contributed by atoms with Crippen molar-refractivity contribution in [3.63, 3.8) is 0 Å². The fourth-order valence-corrected chi connectivity index (χ4v) is 4.27. The number of likely N-dealkylation sites (N-methyl/N-ethyl adjacent to an activating group) is 1. The number of carbonyl (C=O) groups is 2. The van der Waals surface area contributed by atoms with Gasteiger partial charge < -0.3 is 18.9 Å². The molecule has 1 heterocycles. The molecule has 0 saturated heterocycles. The van der Waals surface area contributed by atoms with Gasteiger partial charge in [-0.05, 0) is 41.5 Å². The van der Waals surface area contributed by atoms with Crippen LogP contribution >= 0.6 is 0 Å². The number of rotatable bonds is 10. The summed E-state index contributed by atoms with van der Waals surface area (Å²) in [7, 11) is 1.09. The van der Waals surface area contributed by atoms with E-state index in [1.54, 1.807) is 32.7 Å². The maximum Gasteiger partial charge on any atom is 0.307 e. The highest BCUT2D eigenvalue weighted by Crippen LogP contribution is 2.22. The van der Waals surface area contributed by atoms with Gasteiger partial charge in [0.25, 0.3) is 15.9 Å². The van der Waals surface area contributed by atoms with Gasteiger partial charge in [0.1, 0.15) is 11.6 Å². The molecule has 0 saturated carbocycles. The number of methoxy groups -OCH3 is 1. The van der Waals surface area contributed by atoms with E-state index in [9.17, 15) is 18.0 Å². The number of ether oxygens (including phenoxy) is 2. The summed E-state index contributed by atoms with van der Waals surface area (Å²) < 4.78 is 38.6. The van der Waals surface area contributed by atoms with Gasteiger partial charge in [-0.1, -0.05) is 18.2 Å². The lowest BCUT2D eigenvalue weighted by atomic mass is 10.1. The Morgan fingerprint density at radius 3 is 2.53 bits per heavy atom. The Labute approximate surface area is 198 Å². The van der Waals surface area contributed by atoms with E-state index in [-0.39, 0.29) is 23.9 Å². The first-order chi connectivity index (χ1) is 16.1. The van der Waals surface area contributed by atoms with E-state index < -0.39 is 22.6 Å². The van der Waals surface area contributed by atoms with Crippen molar-refractivity contribution in [2.24, 2.45) is 7.05 Å². The van der Waals surface area contributed by atoms with Gasteiger partial charge in [-0.25, -0.2) is 18.1 Å². The molecule has 11 heteroatoms. The SMILES string of the molecule is COc1ccc2cc(CN(C)C(=O)COC(=O)CCNS(=O)(=O)c3cn(C)c(C)n3)ccc2c1. The van der Waals surface area contributed by atoms with Crippen LogP contribution in [-0.2, 0) is 37.9 Å². The zero-order valence-corrected chi connectivity index (χ0v) is 20.4. The van der Waals surface area contributed by atoms with Crippen LogP contribution < -0.4 is 9.46 Å². The lowest BCUT2D eigenvalue weighted by molar-refractivity contribution is -0.151. The maximum atomic E-state index is 12.4. The Hall–Kier alpha value is -3.44. The molecule has 1 N–H and O–H groups in total. The van der Waals surface area contributed by atoms with E-state index in [4.69, 9.17) is 9.47 Å². The Morgan fingerprint density at radius 2 is 1.85 bits per heavy atom. The number of benzene rings is 2. The zero-order valence-electron chi connectivity index (χ0n) is 19.6. The van der Waals surface area contributed by atoms with E-state index in [1.807, 2.05) is 36.4 Å². The first-order valence-electron chi connectivity index (χ1n) is 10.5. The Morgan fingerprint density at radius 1 is 1.15 bits per heavy atom. The minimum absolute atomic E-state index is 0.120. The summed E-state index contributed by atoms with van der Waals surface area (Å²) in [5.41, 5.74) is 0.930. The Kier molecular flexibility index (Phi) is 7.90. The standard InChI is InChI=1S/C23H28N4O6S/c1-16-25-21(14-26(16)2)34(30,31)24-10-9-23(29)33-15-22(28)27(3)13-17-5-6-19-12-20(32-4)8-7-18(19)11-17/h5-8,11-12,14,24H,9-10,13,15H2,1-4H3. The zero-order chi connectivity index (χ0) is 24.9. The normalized spacial score (nSPS) is 11.4. The van der Waals surface area contributed by atoms with E-state index in [0.717, 1.165) is 22.1 Å². The molecular formula is C23H28N4O6S. The molecule has 0 atom stereocenters. The third-order valence-electron chi connectivity index (χ3n) is 5.30. The van der Waals surface area contributed by atoms with Gasteiger partial charge in [0.05, 0.1) is 13.5 Å². The topological polar surface area (TPSA) is 120 Å². The summed E-state index contributed by atoms with van der Waals surface area (Å²) in [6.45, 7) is 1.44. The van der Waals surface area contributed by atoms with Gasteiger partial charge in [0.2, 0.25) is 0 Å². The molecule has 1 amide bonds. The summed E-state index contributed by atoms with van der Waals surface area (Å²) in [6, 6.07) is 11.6. The van der Waals surface area contributed by atoms with Crippen LogP contribution in [0.3, 0.4) is 0 Å². The Bertz CT molecular complexity index is 1280. The van der Waals surface area contributed by atoms with Crippen LogP contribution in [0.4, 0.5) is 0 Å². The quantitative estimate of drug-likeness (QED) is 0.432. The number of amides is 1. The van der Waals surface area contributed by atoms with Gasteiger partial charge >= 0.3 is 5.97 Å². The van der Waals surface area contributed by atoms with Gasteiger partial charge in [-0.2, -0.15) is 0 Å². The number of aryl methyl sites for hydroxylation is 2. The summed E-state index contributed by atoms with van der Waals surface area (Å²) in [4.78, 5) is 29.7. The second-order valence-electron chi connectivity index (χ2n) is 7.84. The number of carbonyl (C=O) groups excluding carboxylic acids is 2. The third-order valence-corrected chi connectivity index (χ3v) is 6.63. The van der Waals surface area contributed by atoms with E-state index in [1.165, 1.54) is 11.1 Å². The molecule has 0 bridgehead atoms. The lowest BCUT2D eigenvalue weighted by Crippen LogP contribution is -2.32. The molecule has 2 aromatic carbocycles. The van der Waals surface area contributed by atoms with Crippen molar-refractivity contribution in [3.8, 4) is 5.75 Å². The van der Waals surface area contributed by atoms with E-state index >= 15 is 0 Å². The molecule has 0 aliphatic rings. The minimum atomic E-state index is -3.83. The van der Waals surface area contributed by atoms with Crippen LogP contribution in [0.5, 0.6) is 5.75 Å². The number of fused-ring (bicyclic) bond motifs is 1. The highest BCUT2D eigenvalue weighted by Gasteiger charge is 2.19. The smallest absolute Gasteiger partial charge is 0.307 e. The van der Waals surface area contributed by atoms with Crippen LogP contribution in [0.1, 0.15) is 17.8 Å². The molecule has 182 valence electrons. The summed E-state index contributed by atoms with van der Waals surface area (Å²) in [5, 5.41) is 1.93. The summed E-state index contributed by atoms with van der Waals surface area (Å²) in [5.74, 6) is 0.273. The predicted octanol–water partition coefficient (Wildman–Crippen LogP) is 1.76. The molecule has 0 radical (unpaired) electrons. The minimum Gasteiger partial charge on any atom is -0.497 e. The van der Waals surface area contributed by atoms with Crippen LogP contribution in [0, 0.1) is 6.92 Å². The van der Waals surface area contributed by atoms with Crippen molar-refractivity contribution in [1.82, 2.24) is 19.2 Å². The van der Waals surface area contributed by atoms with Crippen molar-refractivity contribution in [2.45, 2.75) is 24.9 Å². The average molecular weight is 489 g/mol. The van der Waals surface area contributed by atoms with Crippen molar-refractivity contribution in [2.75, 3.05) is 27.3 Å². The highest BCUT2D eigenvalue weighted by atomic mass is 32.2. The van der Waals surface area contributed by atoms with Gasteiger partial charge in [0.15, 0.2) is 11.6 Å². The second-order valence-corrected chi connectivity index (χ2v) is 9.56. The van der Waals surface area contributed by atoms with Crippen LogP contribution in [0.25, 0.3) is 10.8 Å². The number of aromatic nitrogens is 2. The second kappa shape index (κ2) is 10.7. The number of hydrogen-bond donors (Lipinski definition) is 1. The van der Waals surface area contributed by atoms with Crippen molar-refractivity contribution >= 4 is 32.7 Å². The first-order valence-corrected chi connectivity index (χ1v) is 12.0. The summed E-state index contributed by atoms with van der Waals surface area (Å²) in [6.07, 6.45) is 1.17. The number of imidazole rings is 1. The van der Waals surface area contributed by atoms with Crippen LogP contribution in [0.15, 0.2) is 47.6 Å². The number of esters is 1. The Balaban J connectivity index is 1.44. The predicted molar refractivity (Wildman–Crippen MR) is 126 cm³/mol. The number of sulfonamides is 1. The number of hydrogen-bond acceptors (Lipinski definition) is 7. The molecule has 0 aliphatic carbocycles. The molecule has 1 aromatic heterocycles. The largest absolute Gasteiger partial charge is 0.497 e. The van der Waals surface area contributed by atoms with E-state index in [2.05, 4.69) is 9.71 Å². The van der Waals surface area contributed by atoms with Gasteiger partial charge in [-0.3, -0.25) is 9.59 Å². The molecule has 0 fully saturated rings. The average Bonchev–Trinajstić information content (AvgIpc) is 3.16. The third kappa shape index (κ3) is 6.33. The fourth-order valence-electron chi connectivity index (χ4n) is 3.20. The number of nitrogens with zero attached hydrogens (tertiary/aromatic N) is 3. The molecule has 3 rings (SSSR count). The van der Waals surface area contributed by atoms with Gasteiger partial charge in [0, 0.05) is 33.4 Å². The molecule has 10 nitrogen and oxygen atoms in total. The van der Waals surface area contributed by atoms with Crippen LogP contribution in [0.2, 0.25) is 0 Å². The van der Waals surface area contributed by atoms with Crippen molar-refractivity contribution in [3.05, 3.63) is 54.0 Å². The monoisotopic (exact) mass is 488 g/mol. The molecule has 0 spiro atoms. The first kappa shape index (κ1) is 25.2. The molecule has 0 aliphatic heterocycles. The van der Waals surface area contributed by atoms with Crippen LogP contribution in [-0.4, -0.2) is 62.1 Å². The summed E-state index contributed by atoms with van der Waals surface area (Å²) >= 11 is 0. The van der Waals surface area contributed by atoms with Crippen molar-refractivity contribution in [1.29, 1.82) is 0 Å². The molecule has 3 aromatic rings.